The second-order valence-electron chi connectivity index (χ2n) is 7.11. The third kappa shape index (κ3) is 4.56. The van der Waals surface area contributed by atoms with E-state index in [1.165, 1.54) is 24.3 Å². The van der Waals surface area contributed by atoms with Gasteiger partial charge in [0.1, 0.15) is 5.82 Å². The topological polar surface area (TPSA) is 81.7 Å². The lowest BCUT2D eigenvalue weighted by Gasteiger charge is -2.54. The summed E-state index contributed by atoms with van der Waals surface area (Å²) in [5.41, 5.74) is 1.36. The van der Waals surface area contributed by atoms with Crippen LogP contribution in [0.2, 0.25) is 0 Å². The highest BCUT2D eigenvalue weighted by Gasteiger charge is 2.51. The number of nitrogens with zero attached hydrogens (tertiary/aromatic N) is 1. The Hall–Kier alpha value is -2.93. The zero-order valence-electron chi connectivity index (χ0n) is 16.3. The summed E-state index contributed by atoms with van der Waals surface area (Å²) >= 11 is 0. The van der Waals surface area contributed by atoms with Gasteiger partial charge in [-0.05, 0) is 36.2 Å². The molecule has 3 amide bonds. The number of likely N-dealkylation sites (tertiary alicyclic amines) is 1. The fourth-order valence-corrected chi connectivity index (χ4v) is 3.82. The Morgan fingerprint density at radius 3 is 2.34 bits per heavy atom. The van der Waals surface area contributed by atoms with Gasteiger partial charge >= 0.3 is 6.03 Å². The van der Waals surface area contributed by atoms with Crippen LogP contribution in [0, 0.1) is 5.82 Å². The number of rotatable bonds is 7. The van der Waals surface area contributed by atoms with Crippen LogP contribution >= 0.6 is 0 Å². The Morgan fingerprint density at radius 2 is 1.72 bits per heavy atom. The SMILES string of the molecule is CCCNC(=O)N1[C@@H](CO)[C@H](c2ccccc2)[C@@H]1CNC(=O)c1ccc(F)cc1. The van der Waals surface area contributed by atoms with Crippen molar-refractivity contribution in [1.82, 2.24) is 15.5 Å². The van der Waals surface area contributed by atoms with E-state index in [0.29, 0.717) is 12.1 Å². The van der Waals surface area contributed by atoms with Crippen LogP contribution in [0.5, 0.6) is 0 Å². The summed E-state index contributed by atoms with van der Waals surface area (Å²) in [7, 11) is 0. The molecule has 7 heteroatoms. The largest absolute Gasteiger partial charge is 0.394 e. The van der Waals surface area contributed by atoms with Crippen LogP contribution in [0.3, 0.4) is 0 Å². The first-order valence-electron chi connectivity index (χ1n) is 9.82. The first-order valence-corrected chi connectivity index (χ1v) is 9.82. The Bertz CT molecular complexity index is 829. The van der Waals surface area contributed by atoms with Crippen molar-refractivity contribution in [2.45, 2.75) is 31.3 Å². The van der Waals surface area contributed by atoms with Crippen molar-refractivity contribution >= 4 is 11.9 Å². The fourth-order valence-electron chi connectivity index (χ4n) is 3.82. The minimum Gasteiger partial charge on any atom is -0.394 e. The molecule has 0 saturated carbocycles. The average Bonchev–Trinajstić information content (AvgIpc) is 2.72. The minimum absolute atomic E-state index is 0.0953. The molecule has 0 spiro atoms. The number of aliphatic hydroxyl groups excluding tert-OH is 1. The van der Waals surface area contributed by atoms with Crippen molar-refractivity contribution in [1.29, 1.82) is 0 Å². The van der Waals surface area contributed by atoms with E-state index >= 15 is 0 Å². The number of nitrogens with one attached hydrogen (secondary N) is 2. The minimum atomic E-state index is -0.408. The molecule has 1 heterocycles. The third-order valence-electron chi connectivity index (χ3n) is 5.25. The zero-order chi connectivity index (χ0) is 20.8. The molecule has 3 rings (SSSR count). The maximum absolute atomic E-state index is 13.1. The number of hydrogen-bond acceptors (Lipinski definition) is 3. The van der Waals surface area contributed by atoms with E-state index in [1.54, 1.807) is 4.90 Å². The van der Waals surface area contributed by atoms with Gasteiger partial charge in [-0.2, -0.15) is 0 Å². The summed E-state index contributed by atoms with van der Waals surface area (Å²) < 4.78 is 13.1. The molecule has 0 aliphatic carbocycles. The molecule has 0 radical (unpaired) electrons. The maximum atomic E-state index is 13.1. The molecule has 0 aromatic heterocycles. The predicted octanol–water partition coefficient (Wildman–Crippen LogP) is 2.50. The molecule has 1 fully saturated rings. The van der Waals surface area contributed by atoms with Crippen LogP contribution in [-0.4, -0.2) is 53.7 Å². The van der Waals surface area contributed by atoms with Gasteiger partial charge in [0.05, 0.1) is 18.7 Å². The van der Waals surface area contributed by atoms with E-state index in [9.17, 15) is 19.1 Å². The van der Waals surface area contributed by atoms with Gasteiger partial charge in [0.2, 0.25) is 0 Å². The first kappa shape index (κ1) is 20.8. The summed E-state index contributed by atoms with van der Waals surface area (Å²) in [6, 6.07) is 14.1. The Kier molecular flexibility index (Phi) is 6.82. The van der Waals surface area contributed by atoms with Gasteiger partial charge in [-0.25, -0.2) is 9.18 Å². The third-order valence-corrected chi connectivity index (χ3v) is 5.25. The lowest BCUT2D eigenvalue weighted by atomic mass is 9.75. The van der Waals surface area contributed by atoms with E-state index in [2.05, 4.69) is 10.6 Å². The van der Waals surface area contributed by atoms with Gasteiger partial charge < -0.3 is 20.6 Å². The number of carbonyl (C=O) groups excluding carboxylic acids is 2. The molecule has 1 saturated heterocycles. The Balaban J connectivity index is 1.76. The molecule has 2 aromatic rings. The molecule has 0 unspecified atom stereocenters. The van der Waals surface area contributed by atoms with Gasteiger partial charge in [-0.3, -0.25) is 4.79 Å². The van der Waals surface area contributed by atoms with Crippen molar-refractivity contribution in [3.8, 4) is 0 Å². The van der Waals surface area contributed by atoms with Crippen molar-refractivity contribution in [2.75, 3.05) is 19.7 Å². The summed E-state index contributed by atoms with van der Waals surface area (Å²) in [5, 5.41) is 15.6. The van der Waals surface area contributed by atoms with Crippen LogP contribution in [0.4, 0.5) is 9.18 Å². The Labute approximate surface area is 169 Å². The van der Waals surface area contributed by atoms with Crippen LogP contribution < -0.4 is 10.6 Å². The normalized spacial score (nSPS) is 20.7. The molecule has 0 bridgehead atoms. The van der Waals surface area contributed by atoms with Crippen LogP contribution in [0.1, 0.15) is 35.2 Å². The number of amides is 3. The lowest BCUT2D eigenvalue weighted by Crippen LogP contribution is -2.70. The second kappa shape index (κ2) is 9.52. The van der Waals surface area contributed by atoms with Crippen LogP contribution in [-0.2, 0) is 0 Å². The fraction of sp³-hybridized carbons (Fsp3) is 0.364. The molecule has 2 aromatic carbocycles. The lowest BCUT2D eigenvalue weighted by molar-refractivity contribution is -0.00687. The highest BCUT2D eigenvalue weighted by Crippen LogP contribution is 2.40. The second-order valence-corrected chi connectivity index (χ2v) is 7.11. The van der Waals surface area contributed by atoms with Gasteiger partial charge in [-0.15, -0.1) is 0 Å². The average molecular weight is 399 g/mol. The van der Waals surface area contributed by atoms with Crippen molar-refractivity contribution < 1.29 is 19.1 Å². The molecular weight excluding hydrogens is 373 g/mol. The maximum Gasteiger partial charge on any atom is 0.318 e. The molecule has 1 aliphatic heterocycles. The van der Waals surface area contributed by atoms with Crippen LogP contribution in [0.25, 0.3) is 0 Å². The quantitative estimate of drug-likeness (QED) is 0.669. The van der Waals surface area contributed by atoms with Crippen molar-refractivity contribution in [3.63, 3.8) is 0 Å². The summed E-state index contributed by atoms with van der Waals surface area (Å²) in [5.74, 6) is -0.838. The van der Waals surface area contributed by atoms with Gasteiger partial charge in [0.15, 0.2) is 0 Å². The standard InChI is InChI=1S/C22H26FN3O3/c1-2-12-24-22(29)26-18(13-25-21(28)16-8-10-17(23)11-9-16)20(19(26)14-27)15-6-4-3-5-7-15/h3-11,18-20,27H,2,12-14H2,1H3,(H,24,29)(H,25,28)/t18-,19-,20+/m0/s1. The number of urea groups is 1. The van der Waals surface area contributed by atoms with Crippen molar-refractivity contribution in [3.05, 3.63) is 71.5 Å². The van der Waals surface area contributed by atoms with Crippen molar-refractivity contribution in [2.24, 2.45) is 0 Å². The number of carbonyl (C=O) groups is 2. The number of aliphatic hydroxyl groups is 1. The monoisotopic (exact) mass is 399 g/mol. The highest BCUT2D eigenvalue weighted by atomic mass is 19.1. The summed E-state index contributed by atoms with van der Waals surface area (Å²) in [6.07, 6.45) is 0.803. The molecule has 1 aliphatic rings. The highest BCUT2D eigenvalue weighted by molar-refractivity contribution is 5.94. The molecule has 154 valence electrons. The van der Waals surface area contributed by atoms with E-state index in [0.717, 1.165) is 12.0 Å². The van der Waals surface area contributed by atoms with E-state index in [4.69, 9.17) is 0 Å². The first-order chi connectivity index (χ1) is 14.1. The molecule has 29 heavy (non-hydrogen) atoms. The predicted molar refractivity (Wildman–Crippen MR) is 108 cm³/mol. The smallest absolute Gasteiger partial charge is 0.318 e. The van der Waals surface area contributed by atoms with E-state index < -0.39 is 5.82 Å². The van der Waals surface area contributed by atoms with Gasteiger partial charge in [0, 0.05) is 24.6 Å². The zero-order valence-corrected chi connectivity index (χ0v) is 16.3. The number of halogens is 1. The van der Waals surface area contributed by atoms with E-state index in [-0.39, 0.29) is 43.1 Å². The van der Waals surface area contributed by atoms with Gasteiger partial charge in [0.25, 0.3) is 5.91 Å². The molecule has 6 nitrogen and oxygen atoms in total. The molecular formula is C22H26FN3O3. The van der Waals surface area contributed by atoms with E-state index in [1.807, 2.05) is 37.3 Å². The molecule has 3 atom stereocenters. The molecule has 3 N–H and O–H groups in total. The van der Waals surface area contributed by atoms with Gasteiger partial charge in [-0.1, -0.05) is 37.3 Å². The summed E-state index contributed by atoms with van der Waals surface area (Å²) in [4.78, 5) is 26.7. The van der Waals surface area contributed by atoms with Crippen LogP contribution in [0.15, 0.2) is 54.6 Å². The Morgan fingerprint density at radius 1 is 1.03 bits per heavy atom. The number of hydrogen-bond donors (Lipinski definition) is 3. The summed E-state index contributed by atoms with van der Waals surface area (Å²) in [6.45, 7) is 2.57. The number of benzene rings is 2.